The van der Waals surface area contributed by atoms with E-state index in [4.69, 9.17) is 10.5 Å². The second kappa shape index (κ2) is 11.5. The third-order valence-electron chi connectivity index (χ3n) is 6.41. The fraction of sp³-hybridized carbons (Fsp3) is 0.200. The number of amides is 1. The number of methoxy groups -OCH3 is 1. The maximum atomic E-state index is 12.9. The van der Waals surface area contributed by atoms with E-state index in [0.29, 0.717) is 5.75 Å². The Bertz CT molecular complexity index is 1440. The number of aromatic nitrogens is 1. The van der Waals surface area contributed by atoms with E-state index in [-0.39, 0.29) is 18.0 Å². The number of hydrogen-bond donors (Lipinski definition) is 3. The number of nitrogens with zero attached hydrogens (tertiary/aromatic N) is 1. The fourth-order valence-electron chi connectivity index (χ4n) is 4.49. The number of nitrogens with two attached hydrogens (primary N) is 1. The van der Waals surface area contributed by atoms with Gasteiger partial charge < -0.3 is 25.5 Å². The van der Waals surface area contributed by atoms with Gasteiger partial charge >= 0.3 is 5.97 Å². The molecule has 0 bridgehead atoms. The topological polar surface area (TPSA) is 109 Å². The molecular formula is C30H31N3O4. The standard InChI is InChI=1S/C30H31N3O4/c1-33(22-13-15-23(37-2)16-14-22)30(36)26(31)18-21-9-5-7-20(17-21)8-6-12-28-25(19-29(34)35)24-10-3-4-11-27(24)32-28/h3-5,7,9-11,13-18,32H,6,8,12,19,31H2,1-2H3,(H,34,35)/b26-18-. The number of nitrogens with one attached hydrogen (secondary N) is 1. The third kappa shape index (κ3) is 6.19. The number of aromatic amines is 1. The lowest BCUT2D eigenvalue weighted by atomic mass is 10.0. The minimum Gasteiger partial charge on any atom is -0.497 e. The highest BCUT2D eigenvalue weighted by Crippen LogP contribution is 2.25. The SMILES string of the molecule is COc1ccc(N(C)C(=O)/C(N)=C/c2cccc(CCCc3[nH]c4ccccc4c3CC(=O)O)c2)cc1. The Balaban J connectivity index is 1.42. The van der Waals surface area contributed by atoms with Crippen molar-refractivity contribution in [2.24, 2.45) is 5.73 Å². The van der Waals surface area contributed by atoms with Crippen LogP contribution in [0, 0.1) is 0 Å². The van der Waals surface area contributed by atoms with Gasteiger partial charge in [-0.3, -0.25) is 9.59 Å². The summed E-state index contributed by atoms with van der Waals surface area (Å²) in [6.45, 7) is 0. The highest BCUT2D eigenvalue weighted by molar-refractivity contribution is 6.07. The lowest BCUT2D eigenvalue weighted by molar-refractivity contribution is -0.136. The van der Waals surface area contributed by atoms with Gasteiger partial charge in [0.05, 0.1) is 19.2 Å². The summed E-state index contributed by atoms with van der Waals surface area (Å²) in [5.41, 5.74) is 11.8. The summed E-state index contributed by atoms with van der Waals surface area (Å²) in [4.78, 5) is 29.2. The van der Waals surface area contributed by atoms with Crippen LogP contribution in [0.15, 0.2) is 78.5 Å². The smallest absolute Gasteiger partial charge is 0.307 e. The van der Waals surface area contributed by atoms with Crippen molar-refractivity contribution in [1.82, 2.24) is 4.98 Å². The van der Waals surface area contributed by atoms with Gasteiger partial charge in [-0.25, -0.2) is 0 Å². The van der Waals surface area contributed by atoms with Crippen molar-refractivity contribution >= 4 is 34.5 Å². The molecule has 7 heteroatoms. The maximum Gasteiger partial charge on any atom is 0.307 e. The fourth-order valence-corrected chi connectivity index (χ4v) is 4.49. The van der Waals surface area contributed by atoms with Gasteiger partial charge in [0, 0.05) is 29.3 Å². The minimum absolute atomic E-state index is 0.00208. The first kappa shape index (κ1) is 25.6. The molecule has 0 saturated carbocycles. The minimum atomic E-state index is -0.838. The van der Waals surface area contributed by atoms with Crippen LogP contribution in [0.2, 0.25) is 0 Å². The average Bonchev–Trinajstić information content (AvgIpc) is 3.24. The zero-order chi connectivity index (χ0) is 26.4. The molecular weight excluding hydrogens is 466 g/mol. The van der Waals surface area contributed by atoms with E-state index in [1.807, 2.05) is 48.5 Å². The predicted octanol–water partition coefficient (Wildman–Crippen LogP) is 4.94. The molecule has 4 aromatic rings. The van der Waals surface area contributed by atoms with Crippen LogP contribution in [0.5, 0.6) is 5.75 Å². The largest absolute Gasteiger partial charge is 0.497 e. The molecule has 3 aromatic carbocycles. The molecule has 0 radical (unpaired) electrons. The van der Waals surface area contributed by atoms with Crippen LogP contribution >= 0.6 is 0 Å². The van der Waals surface area contributed by atoms with Crippen LogP contribution in [0.25, 0.3) is 17.0 Å². The van der Waals surface area contributed by atoms with Crippen LogP contribution in [0.4, 0.5) is 5.69 Å². The summed E-state index contributed by atoms with van der Waals surface area (Å²) >= 11 is 0. The van der Waals surface area contributed by atoms with Crippen molar-refractivity contribution < 1.29 is 19.4 Å². The number of likely N-dealkylation sites (N-methyl/N-ethyl adjacent to an activating group) is 1. The monoisotopic (exact) mass is 497 g/mol. The van der Waals surface area contributed by atoms with Crippen LogP contribution < -0.4 is 15.4 Å². The highest BCUT2D eigenvalue weighted by atomic mass is 16.5. The van der Waals surface area contributed by atoms with E-state index < -0.39 is 5.97 Å². The molecule has 0 saturated heterocycles. The van der Waals surface area contributed by atoms with Crippen LogP contribution in [-0.2, 0) is 28.9 Å². The molecule has 0 spiro atoms. The second-order valence-corrected chi connectivity index (χ2v) is 8.96. The van der Waals surface area contributed by atoms with Gasteiger partial charge in [0.25, 0.3) is 5.91 Å². The summed E-state index contributed by atoms with van der Waals surface area (Å²) in [7, 11) is 3.28. The number of para-hydroxylation sites is 1. The number of hydrogen-bond acceptors (Lipinski definition) is 4. The molecule has 1 heterocycles. The number of rotatable bonds is 10. The number of benzene rings is 3. The molecule has 7 nitrogen and oxygen atoms in total. The number of carbonyl (C=O) groups excluding carboxylic acids is 1. The number of fused-ring (bicyclic) bond motifs is 1. The number of aryl methyl sites for hydroxylation is 2. The zero-order valence-electron chi connectivity index (χ0n) is 21.0. The summed E-state index contributed by atoms with van der Waals surface area (Å²) in [6, 6.07) is 22.9. The van der Waals surface area contributed by atoms with E-state index in [1.165, 1.54) is 4.90 Å². The first-order valence-corrected chi connectivity index (χ1v) is 12.1. The van der Waals surface area contributed by atoms with E-state index in [9.17, 15) is 14.7 Å². The summed E-state index contributed by atoms with van der Waals surface area (Å²) in [6.07, 6.45) is 4.08. The van der Waals surface area contributed by atoms with Gasteiger partial charge in [-0.1, -0.05) is 42.5 Å². The maximum absolute atomic E-state index is 12.9. The van der Waals surface area contributed by atoms with E-state index in [2.05, 4.69) is 4.98 Å². The van der Waals surface area contributed by atoms with Crippen LogP contribution in [-0.4, -0.2) is 36.1 Å². The Labute approximate surface area is 216 Å². The van der Waals surface area contributed by atoms with Crippen LogP contribution in [0.3, 0.4) is 0 Å². The number of aliphatic carboxylic acids is 1. The number of H-pyrrole nitrogens is 1. The van der Waals surface area contributed by atoms with Crippen molar-refractivity contribution in [2.75, 3.05) is 19.1 Å². The molecule has 0 aliphatic heterocycles. The molecule has 0 fully saturated rings. The molecule has 4 rings (SSSR count). The summed E-state index contributed by atoms with van der Waals surface area (Å²) in [5.74, 6) is -0.414. The molecule has 37 heavy (non-hydrogen) atoms. The van der Waals surface area contributed by atoms with E-state index in [1.54, 1.807) is 44.5 Å². The Morgan fingerprint density at radius 1 is 1.03 bits per heavy atom. The zero-order valence-corrected chi connectivity index (χ0v) is 21.0. The van der Waals surface area contributed by atoms with Crippen molar-refractivity contribution in [3.8, 4) is 5.75 Å². The molecule has 1 amide bonds. The lowest BCUT2D eigenvalue weighted by Gasteiger charge is -2.18. The molecule has 1 aromatic heterocycles. The van der Waals surface area contributed by atoms with Gasteiger partial charge in [-0.2, -0.15) is 0 Å². The average molecular weight is 498 g/mol. The third-order valence-corrected chi connectivity index (χ3v) is 6.41. The molecule has 0 atom stereocenters. The Kier molecular flexibility index (Phi) is 7.93. The van der Waals surface area contributed by atoms with Crippen molar-refractivity contribution in [3.05, 3.63) is 101 Å². The van der Waals surface area contributed by atoms with Crippen molar-refractivity contribution in [2.45, 2.75) is 25.7 Å². The number of carbonyl (C=O) groups is 2. The van der Waals surface area contributed by atoms with Crippen molar-refractivity contribution in [3.63, 3.8) is 0 Å². The van der Waals surface area contributed by atoms with Gasteiger partial charge in [0.15, 0.2) is 0 Å². The number of anilines is 1. The summed E-state index contributed by atoms with van der Waals surface area (Å²) < 4.78 is 5.17. The number of carboxylic acids is 1. The number of ether oxygens (including phenoxy) is 1. The van der Waals surface area contributed by atoms with E-state index >= 15 is 0 Å². The summed E-state index contributed by atoms with van der Waals surface area (Å²) in [5, 5.41) is 10.3. The van der Waals surface area contributed by atoms with Gasteiger partial charge in [-0.15, -0.1) is 0 Å². The van der Waals surface area contributed by atoms with Crippen molar-refractivity contribution in [1.29, 1.82) is 0 Å². The predicted molar refractivity (Wildman–Crippen MR) is 147 cm³/mol. The normalized spacial score (nSPS) is 11.5. The van der Waals surface area contributed by atoms with E-state index in [0.717, 1.165) is 58.2 Å². The molecule has 0 aliphatic carbocycles. The Hall–Kier alpha value is -4.52. The highest BCUT2D eigenvalue weighted by Gasteiger charge is 2.15. The quantitative estimate of drug-likeness (QED) is 0.269. The second-order valence-electron chi connectivity index (χ2n) is 8.96. The van der Waals surface area contributed by atoms with Gasteiger partial charge in [0.2, 0.25) is 0 Å². The number of carboxylic acid groups (broad SMARTS) is 1. The first-order valence-electron chi connectivity index (χ1n) is 12.1. The first-order chi connectivity index (χ1) is 17.9. The Morgan fingerprint density at radius 3 is 2.51 bits per heavy atom. The van der Waals surface area contributed by atoms with Gasteiger partial charge in [0.1, 0.15) is 5.75 Å². The Morgan fingerprint density at radius 2 is 1.78 bits per heavy atom. The lowest BCUT2D eigenvalue weighted by Crippen LogP contribution is -2.30. The van der Waals surface area contributed by atoms with Crippen LogP contribution in [0.1, 0.15) is 28.8 Å². The molecule has 0 aliphatic rings. The molecule has 0 unspecified atom stereocenters. The molecule has 4 N–H and O–H groups in total. The molecule has 190 valence electrons. The van der Waals surface area contributed by atoms with Gasteiger partial charge in [-0.05, 0) is 72.4 Å².